The van der Waals surface area contributed by atoms with E-state index in [0.29, 0.717) is 11.5 Å². The molecule has 0 aliphatic carbocycles. The molecule has 0 radical (unpaired) electrons. The predicted molar refractivity (Wildman–Crippen MR) is 125 cm³/mol. The average Bonchev–Trinajstić information content (AvgIpc) is 2.77. The number of carboxylic acid groups (broad SMARTS) is 1. The van der Waals surface area contributed by atoms with Gasteiger partial charge in [0.1, 0.15) is 17.1 Å². The quantitative estimate of drug-likeness (QED) is 0.429. The summed E-state index contributed by atoms with van der Waals surface area (Å²) in [6.45, 7) is 4.43. The summed E-state index contributed by atoms with van der Waals surface area (Å²) in [6, 6.07) is 17.2. The van der Waals surface area contributed by atoms with Crippen LogP contribution in [0.2, 0.25) is 0 Å². The third-order valence-electron chi connectivity index (χ3n) is 5.13. The number of para-hydroxylation sites is 1. The van der Waals surface area contributed by atoms with Gasteiger partial charge in [-0.05, 0) is 48.2 Å². The van der Waals surface area contributed by atoms with E-state index in [0.717, 1.165) is 34.5 Å². The van der Waals surface area contributed by atoms with Gasteiger partial charge in [-0.2, -0.15) is 0 Å². The number of nitrogens with zero attached hydrogens (tertiary/aromatic N) is 1. The van der Waals surface area contributed by atoms with E-state index in [2.05, 4.69) is 24.5 Å². The monoisotopic (exact) mass is 435 g/mol. The fraction of sp³-hybridized carbons (Fsp3) is 0.320. The van der Waals surface area contributed by atoms with Crippen LogP contribution in [0.15, 0.2) is 54.6 Å². The Hall–Kier alpha value is -3.61. The first-order valence-corrected chi connectivity index (χ1v) is 10.7. The number of carboxylic acids is 1. The second-order valence-electron chi connectivity index (χ2n) is 8.08. The van der Waals surface area contributed by atoms with Crippen LogP contribution in [0.3, 0.4) is 0 Å². The van der Waals surface area contributed by atoms with Gasteiger partial charge in [-0.25, -0.2) is 4.98 Å². The maximum Gasteiger partial charge on any atom is 0.305 e. The Bertz CT molecular complexity index is 1080. The SMILES string of the molecule is COc1cccc2ccc(N[C@@H](CC(C)C)c3ccc(C(=O)NCCC(=O)O)cc3)nc12. The number of carbonyl (C=O) groups excluding carboxylic acids is 1. The van der Waals surface area contributed by atoms with E-state index >= 15 is 0 Å². The molecule has 2 aromatic carbocycles. The van der Waals surface area contributed by atoms with E-state index in [4.69, 9.17) is 14.8 Å². The van der Waals surface area contributed by atoms with Crippen LogP contribution in [0.4, 0.5) is 5.82 Å². The number of aromatic nitrogens is 1. The molecule has 1 aromatic heterocycles. The number of fused-ring (bicyclic) bond motifs is 1. The van der Waals surface area contributed by atoms with Gasteiger partial charge < -0.3 is 20.5 Å². The van der Waals surface area contributed by atoms with Crippen LogP contribution in [-0.2, 0) is 4.79 Å². The Morgan fingerprint density at radius 1 is 1.06 bits per heavy atom. The lowest BCUT2D eigenvalue weighted by Crippen LogP contribution is -2.26. The minimum absolute atomic E-state index is 0.0128. The number of hydrogen-bond donors (Lipinski definition) is 3. The molecule has 1 heterocycles. The predicted octanol–water partition coefficient (Wildman–Crippen LogP) is 4.65. The van der Waals surface area contributed by atoms with Crippen molar-refractivity contribution in [1.82, 2.24) is 10.3 Å². The highest BCUT2D eigenvalue weighted by atomic mass is 16.5. The minimum Gasteiger partial charge on any atom is -0.494 e. The van der Waals surface area contributed by atoms with Crippen molar-refractivity contribution in [3.63, 3.8) is 0 Å². The summed E-state index contributed by atoms with van der Waals surface area (Å²) >= 11 is 0. The van der Waals surface area contributed by atoms with Crippen LogP contribution in [-0.4, -0.2) is 35.6 Å². The molecule has 0 saturated heterocycles. The number of pyridine rings is 1. The highest BCUT2D eigenvalue weighted by Crippen LogP contribution is 2.29. The van der Waals surface area contributed by atoms with E-state index in [9.17, 15) is 9.59 Å². The zero-order valence-corrected chi connectivity index (χ0v) is 18.6. The van der Waals surface area contributed by atoms with E-state index in [1.807, 2.05) is 42.5 Å². The molecule has 0 aliphatic rings. The van der Waals surface area contributed by atoms with Gasteiger partial charge in [0.15, 0.2) is 0 Å². The van der Waals surface area contributed by atoms with Crippen molar-refractivity contribution in [3.8, 4) is 5.75 Å². The maximum atomic E-state index is 12.2. The number of anilines is 1. The van der Waals surface area contributed by atoms with Crippen LogP contribution < -0.4 is 15.4 Å². The van der Waals surface area contributed by atoms with Crippen LogP contribution in [0.5, 0.6) is 5.75 Å². The molecule has 3 aromatic rings. The van der Waals surface area contributed by atoms with Gasteiger partial charge in [-0.3, -0.25) is 9.59 Å². The van der Waals surface area contributed by atoms with Crippen LogP contribution >= 0.6 is 0 Å². The summed E-state index contributed by atoms with van der Waals surface area (Å²) < 4.78 is 5.45. The van der Waals surface area contributed by atoms with Crippen molar-refractivity contribution in [2.75, 3.05) is 19.0 Å². The number of amides is 1. The van der Waals surface area contributed by atoms with Gasteiger partial charge in [0.25, 0.3) is 5.91 Å². The number of ether oxygens (including phenoxy) is 1. The molecule has 168 valence electrons. The molecule has 0 saturated carbocycles. The summed E-state index contributed by atoms with van der Waals surface area (Å²) in [6.07, 6.45) is 0.781. The van der Waals surface area contributed by atoms with Gasteiger partial charge in [0.2, 0.25) is 0 Å². The fourth-order valence-electron chi connectivity index (χ4n) is 3.55. The maximum absolute atomic E-state index is 12.2. The molecule has 0 fully saturated rings. The first-order valence-electron chi connectivity index (χ1n) is 10.7. The number of carbonyl (C=O) groups is 2. The molecule has 0 unspecified atom stereocenters. The van der Waals surface area contributed by atoms with Crippen molar-refractivity contribution in [1.29, 1.82) is 0 Å². The van der Waals surface area contributed by atoms with Crippen LogP contribution in [0.1, 0.15) is 48.7 Å². The Morgan fingerprint density at radius 2 is 1.81 bits per heavy atom. The number of aliphatic carboxylic acids is 1. The molecule has 7 nitrogen and oxygen atoms in total. The Kier molecular flexibility index (Phi) is 7.65. The zero-order valence-electron chi connectivity index (χ0n) is 18.6. The number of hydrogen-bond acceptors (Lipinski definition) is 5. The average molecular weight is 436 g/mol. The van der Waals surface area contributed by atoms with Gasteiger partial charge >= 0.3 is 5.97 Å². The Balaban J connectivity index is 1.78. The lowest BCUT2D eigenvalue weighted by molar-refractivity contribution is -0.136. The molecular formula is C25H29N3O4. The highest BCUT2D eigenvalue weighted by molar-refractivity contribution is 5.94. The second kappa shape index (κ2) is 10.6. The molecular weight excluding hydrogens is 406 g/mol. The second-order valence-corrected chi connectivity index (χ2v) is 8.08. The molecule has 1 amide bonds. The standard InChI is InChI=1S/C25H29N3O4/c1-16(2)15-20(17-7-9-19(10-8-17)25(31)26-14-13-23(29)30)27-22-12-11-18-5-4-6-21(32-3)24(18)28-22/h4-12,16,20H,13-15H2,1-3H3,(H,26,31)(H,27,28)(H,29,30)/t20-/m0/s1. The Morgan fingerprint density at radius 3 is 2.47 bits per heavy atom. The van der Waals surface area contributed by atoms with Gasteiger partial charge in [-0.1, -0.05) is 38.1 Å². The third kappa shape index (κ3) is 5.97. The van der Waals surface area contributed by atoms with E-state index in [1.165, 1.54) is 0 Å². The number of rotatable bonds is 10. The first-order chi connectivity index (χ1) is 15.4. The molecule has 0 spiro atoms. The summed E-state index contributed by atoms with van der Waals surface area (Å²) in [4.78, 5) is 27.6. The number of methoxy groups -OCH3 is 1. The molecule has 7 heteroatoms. The summed E-state index contributed by atoms with van der Waals surface area (Å²) in [5, 5.41) is 15.9. The lowest BCUT2D eigenvalue weighted by atomic mass is 9.96. The number of benzene rings is 2. The fourth-order valence-corrected chi connectivity index (χ4v) is 3.55. The summed E-state index contributed by atoms with van der Waals surface area (Å²) in [5.41, 5.74) is 2.34. The van der Waals surface area contributed by atoms with Crippen molar-refractivity contribution >= 4 is 28.6 Å². The molecule has 3 N–H and O–H groups in total. The van der Waals surface area contributed by atoms with Gasteiger partial charge in [-0.15, -0.1) is 0 Å². The van der Waals surface area contributed by atoms with E-state index in [-0.39, 0.29) is 24.9 Å². The summed E-state index contributed by atoms with van der Waals surface area (Å²) in [5.74, 6) is 0.701. The molecule has 32 heavy (non-hydrogen) atoms. The molecule has 0 bridgehead atoms. The normalized spacial score (nSPS) is 11.9. The molecule has 0 aliphatic heterocycles. The molecule has 1 atom stereocenters. The smallest absolute Gasteiger partial charge is 0.305 e. The topological polar surface area (TPSA) is 101 Å². The Labute approximate surface area is 187 Å². The molecule has 3 rings (SSSR count). The van der Waals surface area contributed by atoms with Crippen molar-refractivity contribution in [3.05, 3.63) is 65.7 Å². The van der Waals surface area contributed by atoms with Crippen molar-refractivity contribution in [2.24, 2.45) is 5.92 Å². The van der Waals surface area contributed by atoms with Crippen molar-refractivity contribution < 1.29 is 19.4 Å². The third-order valence-corrected chi connectivity index (χ3v) is 5.13. The highest BCUT2D eigenvalue weighted by Gasteiger charge is 2.16. The lowest BCUT2D eigenvalue weighted by Gasteiger charge is -2.22. The van der Waals surface area contributed by atoms with Crippen molar-refractivity contribution in [2.45, 2.75) is 32.7 Å². The largest absolute Gasteiger partial charge is 0.494 e. The van der Waals surface area contributed by atoms with Crippen LogP contribution in [0, 0.1) is 5.92 Å². The van der Waals surface area contributed by atoms with Crippen LogP contribution in [0.25, 0.3) is 10.9 Å². The van der Waals surface area contributed by atoms with E-state index in [1.54, 1.807) is 19.2 Å². The van der Waals surface area contributed by atoms with Gasteiger partial charge in [0.05, 0.1) is 19.6 Å². The zero-order chi connectivity index (χ0) is 23.1. The minimum atomic E-state index is -0.942. The summed E-state index contributed by atoms with van der Waals surface area (Å²) in [7, 11) is 1.64. The first kappa shape index (κ1) is 23.1. The number of nitrogens with one attached hydrogen (secondary N) is 2. The van der Waals surface area contributed by atoms with E-state index < -0.39 is 5.97 Å². The van der Waals surface area contributed by atoms with Gasteiger partial charge in [0, 0.05) is 17.5 Å².